The summed E-state index contributed by atoms with van der Waals surface area (Å²) in [6.45, 7) is 10.0. The second-order valence-electron chi connectivity index (χ2n) is 8.86. The van der Waals surface area contributed by atoms with E-state index in [1.54, 1.807) is 53.4 Å². The van der Waals surface area contributed by atoms with E-state index in [9.17, 15) is 14.4 Å². The molecule has 0 atom stereocenters. The number of hydrogen-bond acceptors (Lipinski definition) is 6. The number of ether oxygens (including phenoxy) is 2. The average molecular weight is 543 g/mol. The lowest BCUT2D eigenvalue weighted by Crippen LogP contribution is -2.44. The number of benzene rings is 2. The zero-order valence-electron chi connectivity index (χ0n) is 21.5. The van der Waals surface area contributed by atoms with Crippen LogP contribution in [-0.2, 0) is 4.79 Å². The van der Waals surface area contributed by atoms with Crippen LogP contribution in [0.25, 0.3) is 12.2 Å². The van der Waals surface area contributed by atoms with Crippen LogP contribution in [0.1, 0.15) is 50.5 Å². The Labute approximate surface area is 225 Å². The number of carbonyl (C=O) groups is 2. The summed E-state index contributed by atoms with van der Waals surface area (Å²) in [5.41, 5.74) is 0.895. The molecule has 1 N–H and O–H groups in total. The number of thiazole rings is 1. The van der Waals surface area contributed by atoms with Gasteiger partial charge < -0.3 is 19.4 Å². The van der Waals surface area contributed by atoms with Crippen LogP contribution in [0.3, 0.4) is 0 Å². The summed E-state index contributed by atoms with van der Waals surface area (Å²) in [7, 11) is 0. The molecule has 7 nitrogen and oxygen atoms in total. The van der Waals surface area contributed by atoms with Crippen molar-refractivity contribution in [1.82, 2.24) is 9.88 Å². The number of aromatic amines is 1. The molecule has 0 aliphatic carbocycles. The van der Waals surface area contributed by atoms with Crippen molar-refractivity contribution in [2.45, 2.75) is 46.7 Å². The minimum Gasteiger partial charge on any atom is -0.490 e. The number of aromatic nitrogens is 1. The number of ketones is 1. The third kappa shape index (κ3) is 7.57. The van der Waals surface area contributed by atoms with E-state index in [4.69, 9.17) is 21.1 Å². The van der Waals surface area contributed by atoms with Crippen molar-refractivity contribution in [3.05, 3.63) is 78.2 Å². The van der Waals surface area contributed by atoms with Crippen LogP contribution in [0.2, 0.25) is 5.02 Å². The number of halogens is 1. The lowest BCUT2D eigenvalue weighted by molar-refractivity contribution is -0.137. The monoisotopic (exact) mass is 542 g/mol. The Balaban J connectivity index is 1.84. The highest BCUT2D eigenvalue weighted by molar-refractivity contribution is 7.07. The Hall–Kier alpha value is -3.36. The van der Waals surface area contributed by atoms with Gasteiger partial charge in [0.25, 0.3) is 11.5 Å². The summed E-state index contributed by atoms with van der Waals surface area (Å²) < 4.78 is 12.4. The highest BCUT2D eigenvalue weighted by Gasteiger charge is 2.21. The van der Waals surface area contributed by atoms with Crippen LogP contribution in [0, 0.1) is 0 Å². The van der Waals surface area contributed by atoms with E-state index >= 15 is 0 Å². The van der Waals surface area contributed by atoms with Crippen molar-refractivity contribution in [1.29, 1.82) is 0 Å². The van der Waals surface area contributed by atoms with Crippen LogP contribution in [0.15, 0.2) is 47.3 Å². The topological polar surface area (TPSA) is 88.7 Å². The standard InChI is InChI=1S/C28H31ClN2O5S/c1-6-35-24-13-19(7-12-23(24)36-16-27(33)31(17(2)3)18(4)5)14-25-28(34)30-26(37-25)15-22(32)20-8-10-21(29)11-9-20/h7-15,17-18H,6,16H2,1-5H3,(H,30,34). The molecule has 9 heteroatoms. The van der Waals surface area contributed by atoms with Crippen molar-refractivity contribution in [2.24, 2.45) is 0 Å². The van der Waals surface area contributed by atoms with Crippen LogP contribution in [0.4, 0.5) is 0 Å². The maximum atomic E-state index is 12.7. The Morgan fingerprint density at radius 1 is 1.03 bits per heavy atom. The molecule has 2 aromatic carbocycles. The third-order valence-electron chi connectivity index (χ3n) is 5.39. The molecule has 3 aromatic rings. The molecule has 196 valence electrons. The number of rotatable bonds is 10. The molecule has 3 rings (SSSR count). The molecule has 1 amide bonds. The first kappa shape index (κ1) is 28.2. The fraction of sp³-hybridized carbons (Fsp3) is 0.321. The van der Waals surface area contributed by atoms with E-state index in [0.717, 1.165) is 5.56 Å². The molecule has 0 radical (unpaired) electrons. The lowest BCUT2D eigenvalue weighted by Gasteiger charge is -2.30. The van der Waals surface area contributed by atoms with Gasteiger partial charge in [-0.25, -0.2) is 0 Å². The first-order valence-corrected chi connectivity index (χ1v) is 13.2. The van der Waals surface area contributed by atoms with Crippen molar-refractivity contribution >= 4 is 46.8 Å². The number of carbonyl (C=O) groups excluding carboxylic acids is 2. The van der Waals surface area contributed by atoms with Gasteiger partial charge in [0.2, 0.25) is 0 Å². The van der Waals surface area contributed by atoms with Crippen LogP contribution in [-0.4, -0.2) is 46.9 Å². The quantitative estimate of drug-likeness (QED) is 0.391. The molecule has 0 saturated heterocycles. The first-order chi connectivity index (χ1) is 17.6. The predicted octanol–water partition coefficient (Wildman–Crippen LogP) is 4.00. The van der Waals surface area contributed by atoms with Gasteiger partial charge in [-0.1, -0.05) is 17.7 Å². The summed E-state index contributed by atoms with van der Waals surface area (Å²) in [4.78, 5) is 42.2. The molecule has 37 heavy (non-hydrogen) atoms. The zero-order chi connectivity index (χ0) is 27.1. The number of hydrogen-bond donors (Lipinski definition) is 1. The summed E-state index contributed by atoms with van der Waals surface area (Å²) in [6, 6.07) is 11.9. The summed E-state index contributed by atoms with van der Waals surface area (Å²) in [5.74, 6) is 0.582. The molecular weight excluding hydrogens is 512 g/mol. The van der Waals surface area contributed by atoms with Gasteiger partial charge in [0.1, 0.15) is 0 Å². The normalized spacial score (nSPS) is 12.3. The highest BCUT2D eigenvalue weighted by atomic mass is 35.5. The van der Waals surface area contributed by atoms with Gasteiger partial charge >= 0.3 is 0 Å². The van der Waals surface area contributed by atoms with E-state index < -0.39 is 0 Å². The van der Waals surface area contributed by atoms with Crippen LogP contribution in [0.5, 0.6) is 11.5 Å². The number of nitrogens with zero attached hydrogens (tertiary/aromatic N) is 1. The Bertz CT molecular complexity index is 1420. The second-order valence-corrected chi connectivity index (χ2v) is 10.4. The Morgan fingerprint density at radius 2 is 1.70 bits per heavy atom. The van der Waals surface area contributed by atoms with Crippen molar-refractivity contribution in [3.63, 3.8) is 0 Å². The maximum absolute atomic E-state index is 12.7. The van der Waals surface area contributed by atoms with Gasteiger partial charge in [0.05, 0.1) is 15.8 Å². The molecule has 0 spiro atoms. The van der Waals surface area contributed by atoms with E-state index in [0.29, 0.717) is 37.9 Å². The molecule has 0 bridgehead atoms. The predicted molar refractivity (Wildman–Crippen MR) is 148 cm³/mol. The van der Waals surface area contributed by atoms with E-state index in [-0.39, 0.29) is 35.9 Å². The number of H-pyrrole nitrogens is 1. The first-order valence-electron chi connectivity index (χ1n) is 12.0. The summed E-state index contributed by atoms with van der Waals surface area (Å²) in [6.07, 6.45) is 3.11. The smallest absolute Gasteiger partial charge is 0.266 e. The van der Waals surface area contributed by atoms with Gasteiger partial charge in [0, 0.05) is 28.7 Å². The van der Waals surface area contributed by atoms with E-state index in [1.807, 2.05) is 34.6 Å². The van der Waals surface area contributed by atoms with Crippen LogP contribution >= 0.6 is 22.9 Å². The van der Waals surface area contributed by atoms with Gasteiger partial charge in [-0.05, 0) is 82.7 Å². The largest absolute Gasteiger partial charge is 0.490 e. The molecule has 1 aromatic heterocycles. The van der Waals surface area contributed by atoms with Gasteiger partial charge in [-0.3, -0.25) is 14.4 Å². The minimum absolute atomic E-state index is 0.0620. The number of nitrogens with one attached hydrogen (secondary N) is 1. The Kier molecular flexibility index (Phi) is 9.72. The fourth-order valence-electron chi connectivity index (χ4n) is 3.88. The van der Waals surface area contributed by atoms with Crippen molar-refractivity contribution < 1.29 is 19.1 Å². The van der Waals surface area contributed by atoms with E-state index in [2.05, 4.69) is 4.98 Å². The molecule has 1 heterocycles. The summed E-state index contributed by atoms with van der Waals surface area (Å²) >= 11 is 7.06. The molecule has 0 unspecified atom stereocenters. The lowest BCUT2D eigenvalue weighted by atomic mass is 10.1. The maximum Gasteiger partial charge on any atom is 0.266 e. The van der Waals surface area contributed by atoms with E-state index in [1.165, 1.54) is 17.4 Å². The van der Waals surface area contributed by atoms with Crippen molar-refractivity contribution in [2.75, 3.05) is 13.2 Å². The minimum atomic E-state index is -0.300. The fourth-order valence-corrected chi connectivity index (χ4v) is 4.89. The van der Waals surface area contributed by atoms with Crippen molar-refractivity contribution in [3.8, 4) is 11.5 Å². The number of amides is 1. The Morgan fingerprint density at radius 3 is 2.32 bits per heavy atom. The van der Waals surface area contributed by atoms with Gasteiger partial charge in [-0.2, -0.15) is 0 Å². The highest BCUT2D eigenvalue weighted by Crippen LogP contribution is 2.29. The third-order valence-corrected chi connectivity index (χ3v) is 6.60. The molecule has 0 fully saturated rings. The number of Topliss-reactive ketones (excluding diaryl/α,β-unsaturated/α-hetero) is 1. The summed E-state index contributed by atoms with van der Waals surface area (Å²) in [5, 5.41) is 0.542. The molecule has 0 saturated carbocycles. The SMILES string of the molecule is CCOc1cc(C=c2sc(=CC(=O)c3ccc(Cl)cc3)[nH]c2=O)ccc1OCC(=O)N(C(C)C)C(C)C. The van der Waals surface area contributed by atoms with Gasteiger partial charge in [-0.15, -0.1) is 11.3 Å². The van der Waals surface area contributed by atoms with Crippen LogP contribution < -0.4 is 24.2 Å². The molecule has 0 aliphatic heterocycles. The average Bonchev–Trinajstić information content (AvgIpc) is 3.16. The zero-order valence-corrected chi connectivity index (χ0v) is 23.1. The second kappa shape index (κ2) is 12.7. The molecule has 0 aliphatic rings. The molecular formula is C28H31ClN2O5S. The van der Waals surface area contributed by atoms with Gasteiger partial charge in [0.15, 0.2) is 23.9 Å².